The highest BCUT2D eigenvalue weighted by atomic mass is 35.5. The molecule has 1 aliphatic rings. The lowest BCUT2D eigenvalue weighted by Gasteiger charge is -2.02. The van der Waals surface area contributed by atoms with Crippen molar-refractivity contribution in [2.45, 2.75) is 6.92 Å². The maximum absolute atomic E-state index is 12.2. The highest BCUT2D eigenvalue weighted by Gasteiger charge is 2.24. The summed E-state index contributed by atoms with van der Waals surface area (Å²) in [7, 11) is 1.33. The Morgan fingerprint density at radius 2 is 1.96 bits per heavy atom. The van der Waals surface area contributed by atoms with Crippen LogP contribution >= 0.6 is 23.4 Å². The standard InChI is InChI=1S/C19H15ClN2O3S/c1-11-14(20)4-3-5-15(11)21-19-22-17(23)16(26-19)10-12-6-8-13(9-7-12)18(24)25-2/h3-10H,1-2H3,(H,21,22,23)/b16-10+. The number of amides is 1. The summed E-state index contributed by atoms with van der Waals surface area (Å²) in [5, 5.41) is 3.87. The monoisotopic (exact) mass is 386 g/mol. The van der Waals surface area contributed by atoms with Crippen molar-refractivity contribution in [3.8, 4) is 0 Å². The molecule has 0 aromatic heterocycles. The summed E-state index contributed by atoms with van der Waals surface area (Å²) >= 11 is 7.36. The van der Waals surface area contributed by atoms with Crippen molar-refractivity contribution in [1.29, 1.82) is 0 Å². The van der Waals surface area contributed by atoms with Crippen LogP contribution in [0.25, 0.3) is 6.08 Å². The summed E-state index contributed by atoms with van der Waals surface area (Å²) in [6.45, 7) is 1.88. The molecule has 1 N–H and O–H groups in total. The number of carbonyl (C=O) groups excluding carboxylic acids is 2. The number of amidine groups is 1. The van der Waals surface area contributed by atoms with Crippen LogP contribution in [0.2, 0.25) is 5.02 Å². The molecule has 3 rings (SSSR count). The lowest BCUT2D eigenvalue weighted by Crippen LogP contribution is -2.19. The number of carbonyl (C=O) groups is 2. The average molecular weight is 387 g/mol. The Kier molecular flexibility index (Phi) is 5.44. The Bertz CT molecular complexity index is 936. The minimum atomic E-state index is -0.400. The SMILES string of the molecule is COC(=O)c1ccc(/C=C2/SC(=Nc3cccc(Cl)c3C)NC2=O)cc1. The van der Waals surface area contributed by atoms with Crippen LogP contribution < -0.4 is 5.32 Å². The first kappa shape index (κ1) is 18.2. The molecular formula is C19H15ClN2O3S. The molecule has 1 amide bonds. The van der Waals surface area contributed by atoms with E-state index in [1.54, 1.807) is 36.4 Å². The first-order chi connectivity index (χ1) is 12.5. The maximum Gasteiger partial charge on any atom is 0.337 e. The molecule has 1 fully saturated rings. The van der Waals surface area contributed by atoms with Gasteiger partial charge in [0, 0.05) is 5.02 Å². The summed E-state index contributed by atoms with van der Waals surface area (Å²) in [5.74, 6) is -0.617. The molecule has 1 heterocycles. The fourth-order valence-corrected chi connectivity index (χ4v) is 3.30. The molecule has 7 heteroatoms. The molecule has 0 radical (unpaired) electrons. The number of esters is 1. The Labute approximate surface area is 160 Å². The number of hydrogen-bond acceptors (Lipinski definition) is 5. The topological polar surface area (TPSA) is 67.8 Å². The third-order valence-electron chi connectivity index (χ3n) is 3.74. The molecule has 2 aromatic carbocycles. The smallest absolute Gasteiger partial charge is 0.337 e. The fourth-order valence-electron chi connectivity index (χ4n) is 2.29. The van der Waals surface area contributed by atoms with Gasteiger partial charge in [-0.2, -0.15) is 0 Å². The minimum absolute atomic E-state index is 0.217. The second kappa shape index (κ2) is 7.76. The van der Waals surface area contributed by atoms with Gasteiger partial charge in [0.25, 0.3) is 5.91 Å². The highest BCUT2D eigenvalue weighted by Crippen LogP contribution is 2.31. The predicted octanol–water partition coefficient (Wildman–Crippen LogP) is 4.33. The second-order valence-corrected chi connectivity index (χ2v) is 6.92. The molecule has 0 bridgehead atoms. The largest absolute Gasteiger partial charge is 0.465 e. The molecule has 132 valence electrons. The van der Waals surface area contributed by atoms with Gasteiger partial charge >= 0.3 is 5.97 Å². The van der Waals surface area contributed by atoms with Gasteiger partial charge in [0.1, 0.15) is 0 Å². The van der Waals surface area contributed by atoms with E-state index in [1.165, 1.54) is 18.9 Å². The van der Waals surface area contributed by atoms with Crippen molar-refractivity contribution >= 4 is 52.2 Å². The van der Waals surface area contributed by atoms with E-state index in [9.17, 15) is 9.59 Å². The van der Waals surface area contributed by atoms with Crippen LogP contribution in [-0.4, -0.2) is 24.2 Å². The molecule has 0 atom stereocenters. The van der Waals surface area contributed by atoms with Crippen molar-refractivity contribution in [1.82, 2.24) is 5.32 Å². The number of thioether (sulfide) groups is 1. The van der Waals surface area contributed by atoms with E-state index in [0.717, 1.165) is 11.1 Å². The van der Waals surface area contributed by atoms with Crippen LogP contribution in [0.15, 0.2) is 52.4 Å². The lowest BCUT2D eigenvalue weighted by atomic mass is 10.1. The number of benzene rings is 2. The van der Waals surface area contributed by atoms with Crippen molar-refractivity contribution in [3.63, 3.8) is 0 Å². The van der Waals surface area contributed by atoms with Crippen LogP contribution in [0, 0.1) is 6.92 Å². The number of hydrogen-bond donors (Lipinski definition) is 1. The van der Waals surface area contributed by atoms with Crippen LogP contribution in [0.1, 0.15) is 21.5 Å². The van der Waals surface area contributed by atoms with Gasteiger partial charge in [-0.15, -0.1) is 0 Å². The van der Waals surface area contributed by atoms with Gasteiger partial charge < -0.3 is 10.1 Å². The second-order valence-electron chi connectivity index (χ2n) is 5.48. The highest BCUT2D eigenvalue weighted by molar-refractivity contribution is 8.18. The molecule has 1 saturated heterocycles. The van der Waals surface area contributed by atoms with Gasteiger partial charge in [0.2, 0.25) is 0 Å². The third-order valence-corrected chi connectivity index (χ3v) is 5.06. The zero-order valence-electron chi connectivity index (χ0n) is 14.1. The summed E-state index contributed by atoms with van der Waals surface area (Å²) in [5.41, 5.74) is 2.82. The van der Waals surface area contributed by atoms with E-state index in [-0.39, 0.29) is 5.91 Å². The predicted molar refractivity (Wildman–Crippen MR) is 105 cm³/mol. The molecule has 1 aliphatic heterocycles. The van der Waals surface area contributed by atoms with Crippen molar-refractivity contribution in [2.24, 2.45) is 4.99 Å². The summed E-state index contributed by atoms with van der Waals surface area (Å²) in [6, 6.07) is 12.3. The van der Waals surface area contributed by atoms with Gasteiger partial charge in [-0.05, 0) is 60.2 Å². The van der Waals surface area contributed by atoms with E-state index >= 15 is 0 Å². The van der Waals surface area contributed by atoms with E-state index < -0.39 is 5.97 Å². The Balaban J connectivity index is 1.81. The van der Waals surface area contributed by atoms with Gasteiger partial charge in [-0.25, -0.2) is 9.79 Å². The van der Waals surface area contributed by atoms with E-state index in [4.69, 9.17) is 11.6 Å². The summed E-state index contributed by atoms with van der Waals surface area (Å²) in [4.78, 5) is 28.6. The van der Waals surface area contributed by atoms with Crippen molar-refractivity contribution < 1.29 is 14.3 Å². The normalized spacial score (nSPS) is 16.8. The average Bonchev–Trinajstić information content (AvgIpc) is 2.98. The number of ether oxygens (including phenoxy) is 1. The first-order valence-electron chi connectivity index (χ1n) is 7.71. The van der Waals surface area contributed by atoms with Gasteiger partial charge in [-0.3, -0.25) is 4.79 Å². The van der Waals surface area contributed by atoms with Gasteiger partial charge in [0.05, 0.1) is 23.3 Å². The number of aliphatic imine (C=N–C) groups is 1. The number of nitrogens with zero attached hydrogens (tertiary/aromatic N) is 1. The maximum atomic E-state index is 12.2. The van der Waals surface area contributed by atoms with Crippen molar-refractivity contribution in [3.05, 3.63) is 69.1 Å². The molecular weight excluding hydrogens is 372 g/mol. The zero-order valence-corrected chi connectivity index (χ0v) is 15.6. The minimum Gasteiger partial charge on any atom is -0.465 e. The molecule has 0 saturated carbocycles. The van der Waals surface area contributed by atoms with E-state index in [0.29, 0.717) is 26.3 Å². The van der Waals surface area contributed by atoms with E-state index in [2.05, 4.69) is 15.0 Å². The van der Waals surface area contributed by atoms with Crippen LogP contribution in [0.3, 0.4) is 0 Å². The first-order valence-corrected chi connectivity index (χ1v) is 8.90. The Morgan fingerprint density at radius 1 is 1.23 bits per heavy atom. The molecule has 0 aliphatic carbocycles. The number of methoxy groups -OCH3 is 1. The molecule has 2 aromatic rings. The van der Waals surface area contributed by atoms with E-state index in [1.807, 2.05) is 19.1 Å². The molecule has 0 spiro atoms. The van der Waals surface area contributed by atoms with Crippen molar-refractivity contribution in [2.75, 3.05) is 7.11 Å². The summed E-state index contributed by atoms with van der Waals surface area (Å²) in [6.07, 6.45) is 1.74. The van der Waals surface area contributed by atoms with Crippen LogP contribution in [0.5, 0.6) is 0 Å². The lowest BCUT2D eigenvalue weighted by molar-refractivity contribution is -0.115. The Morgan fingerprint density at radius 3 is 2.65 bits per heavy atom. The van der Waals surface area contributed by atoms with Crippen LogP contribution in [0.4, 0.5) is 5.69 Å². The Hall–Kier alpha value is -2.57. The number of nitrogens with one attached hydrogen (secondary N) is 1. The molecule has 0 unspecified atom stereocenters. The third kappa shape index (κ3) is 3.98. The zero-order chi connectivity index (χ0) is 18.7. The fraction of sp³-hybridized carbons (Fsp3) is 0.105. The number of rotatable bonds is 3. The molecule has 5 nitrogen and oxygen atoms in total. The van der Waals surface area contributed by atoms with Gasteiger partial charge in [-0.1, -0.05) is 29.8 Å². The number of halogens is 1. The van der Waals surface area contributed by atoms with Gasteiger partial charge in [0.15, 0.2) is 5.17 Å². The quantitative estimate of drug-likeness (QED) is 0.629. The molecule has 26 heavy (non-hydrogen) atoms. The van der Waals surface area contributed by atoms with Crippen LogP contribution in [-0.2, 0) is 9.53 Å². The summed E-state index contributed by atoms with van der Waals surface area (Å²) < 4.78 is 4.67.